The van der Waals surface area contributed by atoms with Crippen LogP contribution in [-0.4, -0.2) is 68.3 Å². The number of rotatable bonds is 8. The Hall–Kier alpha value is -2.22. The molecule has 3 N–H and O–H groups in total. The SMILES string of the molecule is CCC(C)(C)C(=O)OC.CCC(C)(C)C(=O)OC12CC3CC(CC(O)(C3)C1)C2.CCC(C)(C)C(=O)OC12CC3CC(O)(CC(O)(C3)C1)C2.N#CC1CC2CCC1C2. The standard InChI is InChI=1S/C16H26O4.C16H26O3.C8H11N.C7H14O2/c1-4-13(2,3)12(17)20-16-7-11-5-14(18,9-16)8-15(19,6-11)10-16;1-4-14(2,3)13(17)19-16-8-11-5-12(9-16)7-15(18,6-11)10-16;9-5-8-4-6-1-2-7(8)3-6;1-5-7(2,3)6(8)9-4/h11,18-19H,4-10H2,1-3H3;11-12,18H,4-10H2,1-3H3;6-8H,1-4H2;5H2,1-4H3. The molecule has 0 aliphatic heterocycles. The van der Waals surface area contributed by atoms with E-state index in [1.54, 1.807) is 0 Å². The van der Waals surface area contributed by atoms with Gasteiger partial charge in [-0.05, 0) is 161 Å². The van der Waals surface area contributed by atoms with Crippen molar-refractivity contribution in [1.82, 2.24) is 0 Å². The number of aliphatic hydroxyl groups is 3. The predicted molar refractivity (Wildman–Crippen MR) is 217 cm³/mol. The minimum Gasteiger partial charge on any atom is -0.469 e. The number of nitrogens with zero attached hydrogens (tertiary/aromatic N) is 1. The molecule has 7 atom stereocenters. The summed E-state index contributed by atoms with van der Waals surface area (Å²) < 4.78 is 16.4. The summed E-state index contributed by atoms with van der Waals surface area (Å²) in [7, 11) is 1.42. The third kappa shape index (κ3) is 10.2. The summed E-state index contributed by atoms with van der Waals surface area (Å²) in [5.74, 6) is 3.13. The summed E-state index contributed by atoms with van der Waals surface area (Å²) in [4.78, 5) is 35.6. The maximum Gasteiger partial charge on any atom is 0.312 e. The van der Waals surface area contributed by atoms with Crippen molar-refractivity contribution in [3.8, 4) is 6.07 Å². The van der Waals surface area contributed by atoms with E-state index in [1.807, 2.05) is 62.3 Å². The van der Waals surface area contributed by atoms with Gasteiger partial charge in [0, 0.05) is 31.6 Å². The smallest absolute Gasteiger partial charge is 0.312 e. The summed E-state index contributed by atoms with van der Waals surface area (Å²) >= 11 is 0. The highest BCUT2D eigenvalue weighted by molar-refractivity contribution is 5.77. The van der Waals surface area contributed by atoms with Crippen molar-refractivity contribution in [2.24, 2.45) is 51.8 Å². The Labute approximate surface area is 343 Å². The Balaban J connectivity index is 0.000000155. The van der Waals surface area contributed by atoms with Gasteiger partial charge in [0.15, 0.2) is 0 Å². The van der Waals surface area contributed by atoms with Gasteiger partial charge in [-0.2, -0.15) is 5.26 Å². The second kappa shape index (κ2) is 16.3. The lowest BCUT2D eigenvalue weighted by atomic mass is 9.50. The van der Waals surface area contributed by atoms with Gasteiger partial charge >= 0.3 is 17.9 Å². The fourth-order valence-electron chi connectivity index (χ4n) is 12.4. The Morgan fingerprint density at radius 2 is 1.02 bits per heavy atom. The number of fused-ring (bicyclic) bond motifs is 2. The highest BCUT2D eigenvalue weighted by atomic mass is 16.6. The lowest BCUT2D eigenvalue weighted by molar-refractivity contribution is -0.264. The third-order valence-corrected chi connectivity index (χ3v) is 16.0. The predicted octanol–water partition coefficient (Wildman–Crippen LogP) is 8.76. The molecule has 7 unspecified atom stereocenters. The van der Waals surface area contributed by atoms with Crippen molar-refractivity contribution in [1.29, 1.82) is 5.26 Å². The quantitative estimate of drug-likeness (QED) is 0.160. The van der Waals surface area contributed by atoms with Crippen LogP contribution in [0.2, 0.25) is 0 Å². The van der Waals surface area contributed by atoms with Crippen LogP contribution in [0.25, 0.3) is 0 Å². The van der Waals surface area contributed by atoms with Gasteiger partial charge in [0.25, 0.3) is 0 Å². The number of carbonyl (C=O) groups is 3. The summed E-state index contributed by atoms with van der Waals surface area (Å²) in [6.45, 7) is 17.4. The fraction of sp³-hybridized carbons (Fsp3) is 0.915. The minimum absolute atomic E-state index is 0.0828. The van der Waals surface area contributed by atoms with Crippen LogP contribution >= 0.6 is 0 Å². The van der Waals surface area contributed by atoms with Crippen LogP contribution in [0, 0.1) is 63.1 Å². The molecule has 0 heterocycles. The summed E-state index contributed by atoms with van der Waals surface area (Å²) in [6, 6.07) is 2.40. The zero-order chi connectivity index (χ0) is 42.5. The molecule has 10 bridgehead atoms. The Bertz CT molecular complexity index is 1490. The van der Waals surface area contributed by atoms with E-state index in [0.29, 0.717) is 43.4 Å². The number of nitriles is 1. The third-order valence-electron chi connectivity index (χ3n) is 16.0. The second-order valence-electron chi connectivity index (χ2n) is 22.4. The summed E-state index contributed by atoms with van der Waals surface area (Å²) in [5, 5.41) is 40.6. The van der Waals surface area contributed by atoms with Crippen LogP contribution in [0.15, 0.2) is 0 Å². The van der Waals surface area contributed by atoms with Crippen LogP contribution in [0.3, 0.4) is 0 Å². The molecule has 10 fully saturated rings. The normalized spacial score (nSPS) is 40.4. The Morgan fingerprint density at radius 1 is 0.579 bits per heavy atom. The lowest BCUT2D eigenvalue weighted by Crippen LogP contribution is -2.67. The molecule has 10 aliphatic carbocycles. The van der Waals surface area contributed by atoms with Gasteiger partial charge in [-0.25, -0.2) is 0 Å². The van der Waals surface area contributed by atoms with E-state index in [2.05, 4.69) is 10.8 Å². The zero-order valence-corrected chi connectivity index (χ0v) is 37.1. The van der Waals surface area contributed by atoms with Gasteiger partial charge in [-0.15, -0.1) is 0 Å². The van der Waals surface area contributed by atoms with Crippen LogP contribution in [0.1, 0.15) is 184 Å². The molecule has 324 valence electrons. The van der Waals surface area contributed by atoms with Crippen molar-refractivity contribution in [3.05, 3.63) is 0 Å². The van der Waals surface area contributed by atoms with Gasteiger partial charge < -0.3 is 29.5 Å². The van der Waals surface area contributed by atoms with E-state index >= 15 is 0 Å². The first-order valence-corrected chi connectivity index (χ1v) is 22.4. The van der Waals surface area contributed by atoms with E-state index in [4.69, 9.17) is 14.7 Å². The number of methoxy groups -OCH3 is 1. The van der Waals surface area contributed by atoms with Gasteiger partial charge in [0.2, 0.25) is 0 Å². The van der Waals surface area contributed by atoms with Gasteiger partial charge in [-0.1, -0.05) is 27.2 Å². The van der Waals surface area contributed by atoms with Crippen molar-refractivity contribution in [2.75, 3.05) is 7.11 Å². The molecule has 10 heteroatoms. The molecule has 0 spiro atoms. The minimum atomic E-state index is -0.842. The number of ether oxygens (including phenoxy) is 3. The Morgan fingerprint density at radius 3 is 1.37 bits per heavy atom. The molecule has 10 rings (SSSR count). The van der Waals surface area contributed by atoms with Crippen molar-refractivity contribution < 1.29 is 43.9 Å². The van der Waals surface area contributed by atoms with E-state index in [-0.39, 0.29) is 34.8 Å². The highest BCUT2D eigenvalue weighted by Gasteiger charge is 2.65. The van der Waals surface area contributed by atoms with E-state index in [9.17, 15) is 29.7 Å². The van der Waals surface area contributed by atoms with Crippen LogP contribution in [0.4, 0.5) is 0 Å². The molecule has 0 amide bonds. The largest absolute Gasteiger partial charge is 0.469 e. The number of hydrogen-bond donors (Lipinski definition) is 3. The molecule has 10 aliphatic rings. The molecule has 0 aromatic rings. The second-order valence-corrected chi connectivity index (χ2v) is 22.4. The average Bonchev–Trinajstić information content (AvgIpc) is 3.73. The van der Waals surface area contributed by atoms with Crippen LogP contribution < -0.4 is 0 Å². The zero-order valence-electron chi connectivity index (χ0n) is 37.1. The Kier molecular flexibility index (Phi) is 13.1. The maximum absolute atomic E-state index is 12.4. The molecule has 10 saturated carbocycles. The topological polar surface area (TPSA) is 163 Å². The molecule has 0 aromatic carbocycles. The number of carbonyl (C=O) groups excluding carboxylic acids is 3. The molecule has 0 aromatic heterocycles. The monoisotopic (exact) mass is 800 g/mol. The molecule has 57 heavy (non-hydrogen) atoms. The molecular formula is C47H77NO9. The van der Waals surface area contributed by atoms with Gasteiger partial charge in [0.05, 0.1) is 46.2 Å². The van der Waals surface area contributed by atoms with Crippen LogP contribution in [-0.2, 0) is 28.6 Å². The van der Waals surface area contributed by atoms with Crippen LogP contribution in [0.5, 0.6) is 0 Å². The van der Waals surface area contributed by atoms with Crippen molar-refractivity contribution in [3.63, 3.8) is 0 Å². The first-order chi connectivity index (χ1) is 26.3. The molecular weight excluding hydrogens is 723 g/mol. The highest BCUT2D eigenvalue weighted by Crippen LogP contribution is 2.61. The maximum atomic E-state index is 12.4. The van der Waals surface area contributed by atoms with E-state index < -0.39 is 33.2 Å². The van der Waals surface area contributed by atoms with Crippen molar-refractivity contribution >= 4 is 17.9 Å². The molecule has 0 saturated heterocycles. The van der Waals surface area contributed by atoms with E-state index in [1.165, 1.54) is 39.2 Å². The average molecular weight is 800 g/mol. The van der Waals surface area contributed by atoms with Gasteiger partial charge in [0.1, 0.15) is 11.2 Å². The number of hydrogen-bond acceptors (Lipinski definition) is 10. The fourth-order valence-corrected chi connectivity index (χ4v) is 12.4. The summed E-state index contributed by atoms with van der Waals surface area (Å²) in [5.41, 5.74) is -4.47. The molecule has 0 radical (unpaired) electrons. The van der Waals surface area contributed by atoms with Crippen molar-refractivity contribution in [2.45, 2.75) is 212 Å². The van der Waals surface area contributed by atoms with Gasteiger partial charge in [-0.3, -0.25) is 14.4 Å². The van der Waals surface area contributed by atoms with E-state index in [0.717, 1.165) is 76.0 Å². The number of esters is 3. The first kappa shape index (κ1) is 45.9. The summed E-state index contributed by atoms with van der Waals surface area (Å²) in [6.07, 6.45) is 17.0. The first-order valence-electron chi connectivity index (χ1n) is 22.4. The molecule has 10 nitrogen and oxygen atoms in total. The lowest BCUT2D eigenvalue weighted by Gasteiger charge is -2.62.